The Morgan fingerprint density at radius 1 is 1.21 bits per heavy atom. The number of methoxy groups -OCH3 is 1. The SMILES string of the molecule is COCCOCC(=O)N[C@@H](Cc1ccc(C(F)(F)F)cc1)C(=O)O. The van der Waals surface area contributed by atoms with Crippen molar-refractivity contribution in [3.8, 4) is 0 Å². The van der Waals surface area contributed by atoms with Crippen molar-refractivity contribution < 1.29 is 37.3 Å². The summed E-state index contributed by atoms with van der Waals surface area (Å²) in [6, 6.07) is 2.83. The van der Waals surface area contributed by atoms with E-state index in [1.54, 1.807) is 0 Å². The molecule has 0 saturated carbocycles. The van der Waals surface area contributed by atoms with Crippen molar-refractivity contribution >= 4 is 11.9 Å². The second-order valence-electron chi connectivity index (χ2n) is 4.90. The average Bonchev–Trinajstić information content (AvgIpc) is 2.50. The minimum Gasteiger partial charge on any atom is -0.480 e. The zero-order chi connectivity index (χ0) is 18.2. The molecule has 0 saturated heterocycles. The molecular formula is C15H18F3NO5. The number of halogens is 3. The number of amides is 1. The van der Waals surface area contributed by atoms with Crippen LogP contribution in [0.15, 0.2) is 24.3 Å². The maximum Gasteiger partial charge on any atom is 0.416 e. The van der Waals surface area contributed by atoms with Crippen LogP contribution in [0.2, 0.25) is 0 Å². The number of carboxylic acids is 1. The molecule has 0 spiro atoms. The van der Waals surface area contributed by atoms with Crippen LogP contribution in [0.1, 0.15) is 11.1 Å². The van der Waals surface area contributed by atoms with Crippen molar-refractivity contribution in [2.75, 3.05) is 26.9 Å². The summed E-state index contributed by atoms with van der Waals surface area (Å²) in [5, 5.41) is 11.4. The van der Waals surface area contributed by atoms with E-state index in [9.17, 15) is 22.8 Å². The molecule has 1 aromatic rings. The topological polar surface area (TPSA) is 84.9 Å². The lowest BCUT2D eigenvalue weighted by molar-refractivity contribution is -0.142. The number of hydrogen-bond acceptors (Lipinski definition) is 4. The second-order valence-corrected chi connectivity index (χ2v) is 4.90. The first-order chi connectivity index (χ1) is 11.2. The Labute approximate surface area is 136 Å². The number of aliphatic carboxylic acids is 1. The molecule has 2 N–H and O–H groups in total. The number of hydrogen-bond donors (Lipinski definition) is 2. The van der Waals surface area contributed by atoms with E-state index in [0.29, 0.717) is 12.2 Å². The number of carbonyl (C=O) groups excluding carboxylic acids is 1. The smallest absolute Gasteiger partial charge is 0.416 e. The molecule has 0 bridgehead atoms. The highest BCUT2D eigenvalue weighted by molar-refractivity contribution is 5.84. The van der Waals surface area contributed by atoms with E-state index in [1.807, 2.05) is 0 Å². The fourth-order valence-electron chi connectivity index (χ4n) is 1.81. The summed E-state index contributed by atoms with van der Waals surface area (Å²) < 4.78 is 47.1. The first-order valence-corrected chi connectivity index (χ1v) is 6.99. The van der Waals surface area contributed by atoms with Crippen molar-refractivity contribution in [1.29, 1.82) is 0 Å². The second kappa shape index (κ2) is 9.24. The standard InChI is InChI=1S/C15H18F3NO5/c1-23-6-7-24-9-13(20)19-12(14(21)22)8-10-2-4-11(5-3-10)15(16,17)18/h2-5,12H,6-9H2,1H3,(H,19,20)(H,21,22)/t12-/m0/s1. The largest absolute Gasteiger partial charge is 0.480 e. The van der Waals surface area contributed by atoms with Crippen LogP contribution in [0, 0.1) is 0 Å². The van der Waals surface area contributed by atoms with Crippen LogP contribution in [-0.2, 0) is 31.7 Å². The summed E-state index contributed by atoms with van der Waals surface area (Å²) in [4.78, 5) is 22.8. The normalized spacial score (nSPS) is 12.7. The highest BCUT2D eigenvalue weighted by Crippen LogP contribution is 2.29. The zero-order valence-corrected chi connectivity index (χ0v) is 12.9. The first kappa shape index (κ1) is 19.9. The lowest BCUT2D eigenvalue weighted by atomic mass is 10.0. The summed E-state index contributed by atoms with van der Waals surface area (Å²) >= 11 is 0. The Bertz CT molecular complexity index is 545. The van der Waals surface area contributed by atoms with Gasteiger partial charge in [-0.15, -0.1) is 0 Å². The Morgan fingerprint density at radius 3 is 2.33 bits per heavy atom. The van der Waals surface area contributed by atoms with E-state index >= 15 is 0 Å². The van der Waals surface area contributed by atoms with Gasteiger partial charge in [0, 0.05) is 13.5 Å². The number of nitrogens with one attached hydrogen (secondary N) is 1. The molecule has 0 fully saturated rings. The number of ether oxygens (including phenoxy) is 2. The third-order valence-corrected chi connectivity index (χ3v) is 3.02. The van der Waals surface area contributed by atoms with Crippen LogP contribution in [0.25, 0.3) is 0 Å². The van der Waals surface area contributed by atoms with E-state index in [4.69, 9.17) is 14.6 Å². The number of rotatable bonds is 9. The highest BCUT2D eigenvalue weighted by Gasteiger charge is 2.30. The van der Waals surface area contributed by atoms with E-state index in [0.717, 1.165) is 12.1 Å². The predicted molar refractivity (Wildman–Crippen MR) is 77.4 cm³/mol. The Hall–Kier alpha value is -2.13. The molecular weight excluding hydrogens is 331 g/mol. The molecule has 0 aliphatic heterocycles. The Kier molecular flexibility index (Phi) is 7.66. The molecule has 1 aromatic carbocycles. The van der Waals surface area contributed by atoms with Gasteiger partial charge in [-0.3, -0.25) is 4.79 Å². The van der Waals surface area contributed by atoms with E-state index in [2.05, 4.69) is 5.32 Å². The summed E-state index contributed by atoms with van der Waals surface area (Å²) in [6.07, 6.45) is -4.60. The summed E-state index contributed by atoms with van der Waals surface area (Å²) in [6.45, 7) is 0.141. The monoisotopic (exact) mass is 349 g/mol. The van der Waals surface area contributed by atoms with Gasteiger partial charge in [0.05, 0.1) is 18.8 Å². The van der Waals surface area contributed by atoms with Crippen LogP contribution in [0.4, 0.5) is 13.2 Å². The van der Waals surface area contributed by atoms with Gasteiger partial charge in [0.15, 0.2) is 0 Å². The molecule has 0 heterocycles. The van der Waals surface area contributed by atoms with Gasteiger partial charge >= 0.3 is 12.1 Å². The van der Waals surface area contributed by atoms with Gasteiger partial charge in [-0.05, 0) is 17.7 Å². The highest BCUT2D eigenvalue weighted by atomic mass is 19.4. The van der Waals surface area contributed by atoms with E-state index in [1.165, 1.54) is 19.2 Å². The molecule has 0 aromatic heterocycles. The molecule has 1 amide bonds. The molecule has 1 rings (SSSR count). The van der Waals surface area contributed by atoms with Gasteiger partial charge in [0.1, 0.15) is 12.6 Å². The number of carboxylic acid groups (broad SMARTS) is 1. The molecule has 0 aliphatic carbocycles. The first-order valence-electron chi connectivity index (χ1n) is 6.99. The van der Waals surface area contributed by atoms with Gasteiger partial charge in [0.2, 0.25) is 5.91 Å². The van der Waals surface area contributed by atoms with Gasteiger partial charge in [-0.2, -0.15) is 13.2 Å². The maximum atomic E-state index is 12.5. The van der Waals surface area contributed by atoms with Crippen LogP contribution < -0.4 is 5.32 Å². The summed E-state index contributed by atoms with van der Waals surface area (Å²) in [5.74, 6) is -1.93. The molecule has 134 valence electrons. The van der Waals surface area contributed by atoms with Gasteiger partial charge in [0.25, 0.3) is 0 Å². The van der Waals surface area contributed by atoms with Crippen LogP contribution in [-0.4, -0.2) is 50.0 Å². The minimum absolute atomic E-state index is 0.142. The van der Waals surface area contributed by atoms with Crippen molar-refractivity contribution in [3.05, 3.63) is 35.4 Å². The Morgan fingerprint density at radius 2 is 1.83 bits per heavy atom. The number of benzene rings is 1. The zero-order valence-electron chi connectivity index (χ0n) is 12.9. The average molecular weight is 349 g/mol. The lowest BCUT2D eigenvalue weighted by Crippen LogP contribution is -2.44. The third-order valence-electron chi connectivity index (χ3n) is 3.02. The minimum atomic E-state index is -4.46. The quantitative estimate of drug-likeness (QED) is 0.660. The summed E-state index contributed by atoms with van der Waals surface area (Å²) in [7, 11) is 1.47. The molecule has 0 aliphatic rings. The fraction of sp³-hybridized carbons (Fsp3) is 0.467. The summed E-state index contributed by atoms with van der Waals surface area (Å²) in [5.41, 5.74) is -0.468. The Balaban J connectivity index is 2.60. The fourth-order valence-corrected chi connectivity index (χ4v) is 1.81. The third kappa shape index (κ3) is 6.97. The molecule has 1 atom stereocenters. The van der Waals surface area contributed by atoms with Gasteiger partial charge in [-0.1, -0.05) is 12.1 Å². The lowest BCUT2D eigenvalue weighted by Gasteiger charge is -2.15. The van der Waals surface area contributed by atoms with Crippen LogP contribution >= 0.6 is 0 Å². The van der Waals surface area contributed by atoms with Gasteiger partial charge in [-0.25, -0.2) is 4.79 Å². The predicted octanol–water partition coefficient (Wildman–Crippen LogP) is 1.48. The molecule has 0 unspecified atom stereocenters. The number of carbonyl (C=O) groups is 2. The molecule has 9 heteroatoms. The maximum absolute atomic E-state index is 12.5. The van der Waals surface area contributed by atoms with Crippen molar-refractivity contribution in [2.45, 2.75) is 18.6 Å². The van der Waals surface area contributed by atoms with Crippen molar-refractivity contribution in [2.24, 2.45) is 0 Å². The van der Waals surface area contributed by atoms with Crippen molar-refractivity contribution in [1.82, 2.24) is 5.32 Å². The molecule has 0 radical (unpaired) electrons. The van der Waals surface area contributed by atoms with Crippen molar-refractivity contribution in [3.63, 3.8) is 0 Å². The van der Waals surface area contributed by atoms with Gasteiger partial charge < -0.3 is 19.9 Å². The van der Waals surface area contributed by atoms with Crippen LogP contribution in [0.3, 0.4) is 0 Å². The van der Waals surface area contributed by atoms with E-state index in [-0.39, 0.29) is 19.6 Å². The molecule has 24 heavy (non-hydrogen) atoms. The number of alkyl halides is 3. The van der Waals surface area contributed by atoms with Crippen LogP contribution in [0.5, 0.6) is 0 Å². The molecule has 6 nitrogen and oxygen atoms in total. The van der Waals surface area contributed by atoms with E-state index < -0.39 is 29.7 Å².